The molecule has 0 spiro atoms. The summed E-state index contributed by atoms with van der Waals surface area (Å²) in [6.07, 6.45) is 3.71. The van der Waals surface area contributed by atoms with Gasteiger partial charge in [-0.3, -0.25) is 4.98 Å². The maximum absolute atomic E-state index is 12.8. The second kappa shape index (κ2) is 8.15. The molecule has 1 unspecified atom stereocenters. The number of pyridine rings is 1. The van der Waals surface area contributed by atoms with Crippen molar-refractivity contribution in [2.45, 2.75) is 17.4 Å². The first-order valence-electron chi connectivity index (χ1n) is 8.41. The van der Waals surface area contributed by atoms with Gasteiger partial charge in [0.05, 0.1) is 10.9 Å². The smallest absolute Gasteiger partial charge is 0.241 e. The molecule has 1 atom stereocenters. The van der Waals surface area contributed by atoms with Gasteiger partial charge in [-0.2, -0.15) is 0 Å². The van der Waals surface area contributed by atoms with Crippen LogP contribution in [0.15, 0.2) is 76.9 Å². The van der Waals surface area contributed by atoms with Gasteiger partial charge in [0.15, 0.2) is 5.96 Å². The Balaban J connectivity index is 1.82. The molecule has 8 heteroatoms. The van der Waals surface area contributed by atoms with E-state index in [0.29, 0.717) is 11.8 Å². The number of hydrogen-bond donors (Lipinski definition) is 3. The van der Waals surface area contributed by atoms with Crippen molar-refractivity contribution in [1.82, 2.24) is 9.71 Å². The van der Waals surface area contributed by atoms with Crippen LogP contribution in [0.2, 0.25) is 0 Å². The SMILES string of the molecule is NC(N)=NC(CNS(=O)(=O)c1cccc2cnccc12)Cc1ccccc1. The summed E-state index contributed by atoms with van der Waals surface area (Å²) in [5, 5.41) is 1.37. The number of fused-ring (bicyclic) bond motifs is 1. The summed E-state index contributed by atoms with van der Waals surface area (Å²) in [5.41, 5.74) is 12.0. The maximum Gasteiger partial charge on any atom is 0.241 e. The summed E-state index contributed by atoms with van der Waals surface area (Å²) in [6, 6.07) is 16.0. The number of rotatable bonds is 7. The van der Waals surface area contributed by atoms with Crippen LogP contribution >= 0.6 is 0 Å². The standard InChI is InChI=1S/C19H21N5O2S/c20-19(21)24-16(11-14-5-2-1-3-6-14)13-23-27(25,26)18-8-4-7-15-12-22-10-9-17(15)18/h1-10,12,16,23H,11,13H2,(H4,20,21,24). The third-order valence-electron chi connectivity index (χ3n) is 4.09. The third-order valence-corrected chi connectivity index (χ3v) is 5.57. The molecule has 1 heterocycles. The van der Waals surface area contributed by atoms with Crippen molar-refractivity contribution in [1.29, 1.82) is 0 Å². The van der Waals surface area contributed by atoms with E-state index in [1.807, 2.05) is 36.4 Å². The first-order valence-corrected chi connectivity index (χ1v) is 9.89. The highest BCUT2D eigenvalue weighted by molar-refractivity contribution is 7.89. The molecule has 5 N–H and O–H groups in total. The highest BCUT2D eigenvalue weighted by atomic mass is 32.2. The summed E-state index contributed by atoms with van der Waals surface area (Å²) in [6.45, 7) is 0.0800. The van der Waals surface area contributed by atoms with Crippen molar-refractivity contribution < 1.29 is 8.42 Å². The second-order valence-corrected chi connectivity index (χ2v) is 7.84. The van der Waals surface area contributed by atoms with E-state index in [-0.39, 0.29) is 17.4 Å². The number of nitrogens with zero attached hydrogens (tertiary/aromatic N) is 2. The molecule has 0 bridgehead atoms. The lowest BCUT2D eigenvalue weighted by Gasteiger charge is -2.15. The highest BCUT2D eigenvalue weighted by Crippen LogP contribution is 2.21. The summed E-state index contributed by atoms with van der Waals surface area (Å²) < 4.78 is 28.3. The van der Waals surface area contributed by atoms with Crippen molar-refractivity contribution in [2.75, 3.05) is 6.54 Å². The van der Waals surface area contributed by atoms with Crippen LogP contribution < -0.4 is 16.2 Å². The van der Waals surface area contributed by atoms with E-state index in [2.05, 4.69) is 14.7 Å². The van der Waals surface area contributed by atoms with Crippen molar-refractivity contribution >= 4 is 26.8 Å². The zero-order valence-corrected chi connectivity index (χ0v) is 15.4. The molecule has 0 fully saturated rings. The first kappa shape index (κ1) is 18.8. The second-order valence-electron chi connectivity index (χ2n) is 6.10. The van der Waals surface area contributed by atoms with E-state index >= 15 is 0 Å². The first-order chi connectivity index (χ1) is 13.0. The van der Waals surface area contributed by atoms with E-state index in [1.54, 1.807) is 30.6 Å². The van der Waals surface area contributed by atoms with E-state index < -0.39 is 16.1 Å². The van der Waals surface area contributed by atoms with Crippen LogP contribution in [0.3, 0.4) is 0 Å². The third kappa shape index (κ3) is 4.81. The van der Waals surface area contributed by atoms with Crippen molar-refractivity contribution in [3.05, 3.63) is 72.6 Å². The minimum Gasteiger partial charge on any atom is -0.370 e. The molecule has 0 saturated heterocycles. The van der Waals surface area contributed by atoms with Crippen LogP contribution in [0, 0.1) is 0 Å². The zero-order chi connectivity index (χ0) is 19.3. The molecule has 0 aliphatic rings. The van der Waals surface area contributed by atoms with E-state index in [1.165, 1.54) is 0 Å². The number of aromatic nitrogens is 1. The average Bonchev–Trinajstić information content (AvgIpc) is 2.66. The van der Waals surface area contributed by atoms with Crippen LogP contribution in [0.5, 0.6) is 0 Å². The van der Waals surface area contributed by atoms with Gasteiger partial charge < -0.3 is 11.5 Å². The molecule has 1 aromatic heterocycles. The Labute approximate surface area is 158 Å². The largest absolute Gasteiger partial charge is 0.370 e. The highest BCUT2D eigenvalue weighted by Gasteiger charge is 2.19. The van der Waals surface area contributed by atoms with Gasteiger partial charge in [0.2, 0.25) is 10.0 Å². The molecule has 3 aromatic rings. The lowest BCUT2D eigenvalue weighted by Crippen LogP contribution is -2.35. The van der Waals surface area contributed by atoms with Gasteiger partial charge in [-0.1, -0.05) is 42.5 Å². The van der Waals surface area contributed by atoms with Gasteiger partial charge in [-0.15, -0.1) is 0 Å². The van der Waals surface area contributed by atoms with E-state index in [9.17, 15) is 8.42 Å². The van der Waals surface area contributed by atoms with E-state index in [4.69, 9.17) is 11.5 Å². The molecule has 140 valence electrons. The lowest BCUT2D eigenvalue weighted by molar-refractivity contribution is 0.568. The van der Waals surface area contributed by atoms with Gasteiger partial charge in [-0.25, -0.2) is 18.1 Å². The van der Waals surface area contributed by atoms with Gasteiger partial charge in [0, 0.05) is 29.7 Å². The van der Waals surface area contributed by atoms with Crippen LogP contribution in [0.1, 0.15) is 5.56 Å². The summed E-state index contributed by atoms with van der Waals surface area (Å²) in [4.78, 5) is 8.40. The Hall–Kier alpha value is -2.97. The minimum absolute atomic E-state index is 0.0774. The number of guanidine groups is 1. The molecule has 0 saturated carbocycles. The summed E-state index contributed by atoms with van der Waals surface area (Å²) in [7, 11) is -3.74. The summed E-state index contributed by atoms with van der Waals surface area (Å²) in [5.74, 6) is -0.0774. The van der Waals surface area contributed by atoms with Crippen LogP contribution in [-0.4, -0.2) is 31.9 Å². The topological polar surface area (TPSA) is 123 Å². The molecule has 0 aliphatic heterocycles. The maximum atomic E-state index is 12.8. The van der Waals surface area contributed by atoms with Crippen molar-refractivity contribution in [2.24, 2.45) is 16.5 Å². The number of sulfonamides is 1. The normalized spacial score (nSPS) is 12.6. The monoisotopic (exact) mass is 383 g/mol. The Morgan fingerprint density at radius 3 is 2.59 bits per heavy atom. The van der Waals surface area contributed by atoms with Crippen LogP contribution in [0.25, 0.3) is 10.8 Å². The van der Waals surface area contributed by atoms with E-state index in [0.717, 1.165) is 10.9 Å². The molecular formula is C19H21N5O2S. The molecule has 2 aromatic carbocycles. The van der Waals surface area contributed by atoms with Gasteiger partial charge in [-0.05, 0) is 24.1 Å². The van der Waals surface area contributed by atoms with Gasteiger partial charge >= 0.3 is 0 Å². The number of benzene rings is 2. The predicted molar refractivity (Wildman–Crippen MR) is 107 cm³/mol. The fourth-order valence-corrected chi connectivity index (χ4v) is 4.17. The van der Waals surface area contributed by atoms with Gasteiger partial charge in [0.1, 0.15) is 0 Å². The summed E-state index contributed by atoms with van der Waals surface area (Å²) >= 11 is 0. The molecule has 0 aliphatic carbocycles. The molecule has 3 rings (SSSR count). The number of nitrogens with one attached hydrogen (secondary N) is 1. The fourth-order valence-electron chi connectivity index (χ4n) is 2.87. The Kier molecular flexibility index (Phi) is 5.68. The molecular weight excluding hydrogens is 362 g/mol. The lowest BCUT2D eigenvalue weighted by atomic mass is 10.1. The Bertz CT molecular complexity index is 1040. The Morgan fingerprint density at radius 1 is 1.07 bits per heavy atom. The predicted octanol–water partition coefficient (Wildman–Crippen LogP) is 1.40. The molecule has 7 nitrogen and oxygen atoms in total. The average molecular weight is 383 g/mol. The zero-order valence-electron chi connectivity index (χ0n) is 14.6. The van der Waals surface area contributed by atoms with Crippen LogP contribution in [-0.2, 0) is 16.4 Å². The van der Waals surface area contributed by atoms with Crippen molar-refractivity contribution in [3.8, 4) is 0 Å². The van der Waals surface area contributed by atoms with Gasteiger partial charge in [0.25, 0.3) is 0 Å². The fraction of sp³-hybridized carbons (Fsp3) is 0.158. The number of aliphatic imine (C=N–C) groups is 1. The molecule has 27 heavy (non-hydrogen) atoms. The minimum atomic E-state index is -3.74. The Morgan fingerprint density at radius 2 is 1.85 bits per heavy atom. The quantitative estimate of drug-likeness (QED) is 0.420. The van der Waals surface area contributed by atoms with Crippen molar-refractivity contribution in [3.63, 3.8) is 0 Å². The molecule has 0 radical (unpaired) electrons. The molecule has 0 amide bonds. The number of nitrogens with two attached hydrogens (primary N) is 2. The van der Waals surface area contributed by atoms with Crippen LogP contribution in [0.4, 0.5) is 0 Å². The number of hydrogen-bond acceptors (Lipinski definition) is 4.